The van der Waals surface area contributed by atoms with Gasteiger partial charge in [0.1, 0.15) is 24.1 Å². The van der Waals surface area contributed by atoms with Crippen molar-refractivity contribution in [3.05, 3.63) is 112 Å². The number of carbonyl (C=O) groups excluding carboxylic acids is 3. The summed E-state index contributed by atoms with van der Waals surface area (Å²) in [6.07, 6.45) is 2.06. The molecule has 5 rings (SSSR count). The third-order valence-corrected chi connectivity index (χ3v) is 8.99. The van der Waals surface area contributed by atoms with Crippen molar-refractivity contribution in [1.29, 1.82) is 0 Å². The van der Waals surface area contributed by atoms with E-state index < -0.39 is 29.6 Å². The summed E-state index contributed by atoms with van der Waals surface area (Å²) < 4.78 is 14.4. The largest absolute Gasteiger partial charge is 0.444 e. The van der Waals surface area contributed by atoms with E-state index in [0.717, 1.165) is 45.6 Å². The molecule has 0 fully saturated rings. The highest BCUT2D eigenvalue weighted by atomic mass is 35.5. The van der Waals surface area contributed by atoms with Gasteiger partial charge in [-0.15, -0.1) is 0 Å². The zero-order chi connectivity index (χ0) is 39.0. The minimum Gasteiger partial charge on any atom is -0.444 e. The number of anilines is 1. The Bertz CT molecular complexity index is 2100. The van der Waals surface area contributed by atoms with Crippen LogP contribution in [0.25, 0.3) is 22.3 Å². The molecule has 54 heavy (non-hydrogen) atoms. The van der Waals surface area contributed by atoms with Crippen molar-refractivity contribution >= 4 is 35.2 Å². The predicted octanol–water partition coefficient (Wildman–Crippen LogP) is 7.61. The molecule has 0 spiro atoms. The van der Waals surface area contributed by atoms with Crippen LogP contribution in [0.1, 0.15) is 67.1 Å². The second-order valence-electron chi connectivity index (χ2n) is 14.1. The molecule has 13 heteroatoms. The van der Waals surface area contributed by atoms with Gasteiger partial charge in [-0.3, -0.25) is 14.3 Å². The lowest BCUT2D eigenvalue weighted by atomic mass is 9.97. The van der Waals surface area contributed by atoms with Gasteiger partial charge in [-0.05, 0) is 105 Å². The summed E-state index contributed by atoms with van der Waals surface area (Å²) in [6, 6.07) is 21.4. The molecule has 0 bridgehead atoms. The van der Waals surface area contributed by atoms with Gasteiger partial charge < -0.3 is 25.4 Å². The van der Waals surface area contributed by atoms with E-state index in [-0.39, 0.29) is 13.0 Å². The molecule has 0 aliphatic carbocycles. The Morgan fingerprint density at radius 3 is 2.35 bits per heavy atom. The molecule has 3 N–H and O–H groups in total. The van der Waals surface area contributed by atoms with Crippen LogP contribution in [0.5, 0.6) is 0 Å². The molecule has 2 aromatic heterocycles. The van der Waals surface area contributed by atoms with E-state index in [1.165, 1.54) is 10.9 Å². The van der Waals surface area contributed by atoms with E-state index in [2.05, 4.69) is 33.1 Å². The van der Waals surface area contributed by atoms with Crippen LogP contribution in [0.2, 0.25) is 5.02 Å². The molecule has 3 aromatic carbocycles. The van der Waals surface area contributed by atoms with Crippen molar-refractivity contribution < 1.29 is 23.9 Å². The first-order valence-electron chi connectivity index (χ1n) is 17.9. The van der Waals surface area contributed by atoms with Crippen molar-refractivity contribution in [3.63, 3.8) is 0 Å². The SMILES string of the molecule is CCCOCn1nc(C)c(-c2ccc(NC(=O)C(Cc3cc(-c4cccc(CNC(=O)OC(C)(C)C)c4)ccc3Cl)NC(=O)c3ccnn3C)cc2)c1C. The van der Waals surface area contributed by atoms with Gasteiger partial charge >= 0.3 is 6.09 Å². The summed E-state index contributed by atoms with van der Waals surface area (Å²) in [7, 11) is 1.66. The first kappa shape index (κ1) is 39.7. The number of nitrogens with one attached hydrogen (secondary N) is 3. The molecule has 0 aliphatic heterocycles. The summed E-state index contributed by atoms with van der Waals surface area (Å²) in [6.45, 7) is 12.8. The van der Waals surface area contributed by atoms with Crippen LogP contribution in [0.15, 0.2) is 79.0 Å². The summed E-state index contributed by atoms with van der Waals surface area (Å²) in [5.41, 5.74) is 7.39. The zero-order valence-electron chi connectivity index (χ0n) is 31.8. The van der Waals surface area contributed by atoms with Gasteiger partial charge in [-0.25, -0.2) is 9.48 Å². The molecule has 12 nitrogen and oxygen atoms in total. The molecule has 5 aromatic rings. The van der Waals surface area contributed by atoms with Crippen LogP contribution < -0.4 is 16.0 Å². The van der Waals surface area contributed by atoms with Gasteiger partial charge in [0.15, 0.2) is 0 Å². The van der Waals surface area contributed by atoms with Gasteiger partial charge in [0, 0.05) is 54.8 Å². The van der Waals surface area contributed by atoms with Gasteiger partial charge in [0.05, 0.1) is 5.69 Å². The lowest BCUT2D eigenvalue weighted by Crippen LogP contribution is -2.45. The average molecular weight is 754 g/mol. The van der Waals surface area contributed by atoms with Gasteiger partial charge in [0.2, 0.25) is 5.91 Å². The minimum atomic E-state index is -0.991. The monoisotopic (exact) mass is 753 g/mol. The van der Waals surface area contributed by atoms with E-state index >= 15 is 0 Å². The number of carbonyl (C=O) groups is 3. The fourth-order valence-corrected chi connectivity index (χ4v) is 6.20. The Kier molecular flexibility index (Phi) is 12.9. The fraction of sp³-hybridized carbons (Fsp3) is 0.341. The van der Waals surface area contributed by atoms with E-state index in [1.54, 1.807) is 19.2 Å². The summed E-state index contributed by atoms with van der Waals surface area (Å²) in [4.78, 5) is 39.6. The maximum Gasteiger partial charge on any atom is 0.407 e. The summed E-state index contributed by atoms with van der Waals surface area (Å²) in [5, 5.41) is 17.9. The highest BCUT2D eigenvalue weighted by Gasteiger charge is 2.25. The third-order valence-electron chi connectivity index (χ3n) is 8.63. The van der Waals surface area contributed by atoms with Crippen molar-refractivity contribution in [2.45, 2.75) is 79.3 Å². The quantitative estimate of drug-likeness (QED) is 0.0992. The number of hydrogen-bond donors (Lipinski definition) is 3. The predicted molar refractivity (Wildman–Crippen MR) is 210 cm³/mol. The van der Waals surface area contributed by atoms with Crippen LogP contribution in [-0.2, 0) is 41.0 Å². The lowest BCUT2D eigenvalue weighted by Gasteiger charge is -2.20. The van der Waals surface area contributed by atoms with E-state index in [1.807, 2.05) is 100.0 Å². The van der Waals surface area contributed by atoms with Crippen LogP contribution in [-0.4, -0.2) is 55.7 Å². The number of benzene rings is 3. The number of alkyl carbamates (subject to hydrolysis) is 1. The Balaban J connectivity index is 1.35. The molecule has 0 radical (unpaired) electrons. The van der Waals surface area contributed by atoms with Crippen molar-refractivity contribution in [3.8, 4) is 22.3 Å². The molecule has 2 heterocycles. The number of ether oxygens (including phenoxy) is 2. The molecule has 1 unspecified atom stereocenters. The number of halogens is 1. The van der Waals surface area contributed by atoms with Crippen LogP contribution >= 0.6 is 11.6 Å². The van der Waals surface area contributed by atoms with E-state index in [4.69, 9.17) is 21.1 Å². The standard InChI is InChI=1S/C41H48ClN7O5/c1-8-20-53-25-49-27(3)37(26(2)47-49)29-12-15-33(16-13-29)45-38(50)35(46-39(51)36-18-19-44-48(36)7)23-32-22-31(14-17-34(32)42)30-11-9-10-28(21-30)24-43-40(52)54-41(4,5)6/h9-19,21-22,35H,8,20,23-25H2,1-7H3,(H,43,52)(H,45,50)(H,46,51). The third kappa shape index (κ3) is 10.4. The average Bonchev–Trinajstić information content (AvgIpc) is 3.68. The number of hydrogen-bond acceptors (Lipinski definition) is 7. The van der Waals surface area contributed by atoms with Crippen molar-refractivity contribution in [1.82, 2.24) is 30.2 Å². The summed E-state index contributed by atoms with van der Waals surface area (Å²) in [5.74, 6) is -0.864. The number of nitrogens with zero attached hydrogens (tertiary/aromatic N) is 4. The Morgan fingerprint density at radius 2 is 1.67 bits per heavy atom. The fourth-order valence-electron chi connectivity index (χ4n) is 6.00. The molecular weight excluding hydrogens is 706 g/mol. The number of aryl methyl sites for hydroxylation is 2. The Labute approximate surface area is 321 Å². The molecular formula is C41H48ClN7O5. The second kappa shape index (κ2) is 17.6. The Hall–Kier alpha value is -5.46. The smallest absolute Gasteiger partial charge is 0.407 e. The molecule has 1 atom stereocenters. The normalized spacial score (nSPS) is 11.9. The topological polar surface area (TPSA) is 141 Å². The Morgan fingerprint density at radius 1 is 0.944 bits per heavy atom. The van der Waals surface area contributed by atoms with Crippen LogP contribution in [0.4, 0.5) is 10.5 Å². The molecule has 0 saturated carbocycles. The maximum absolute atomic E-state index is 14.0. The van der Waals surface area contributed by atoms with Crippen molar-refractivity contribution in [2.24, 2.45) is 7.05 Å². The first-order chi connectivity index (χ1) is 25.7. The molecule has 0 aliphatic rings. The van der Waals surface area contributed by atoms with Crippen molar-refractivity contribution in [2.75, 3.05) is 11.9 Å². The van der Waals surface area contributed by atoms with Crippen LogP contribution in [0.3, 0.4) is 0 Å². The second-order valence-corrected chi connectivity index (χ2v) is 14.5. The number of aromatic nitrogens is 4. The van der Waals surface area contributed by atoms with E-state index in [0.29, 0.717) is 35.3 Å². The summed E-state index contributed by atoms with van der Waals surface area (Å²) >= 11 is 6.73. The lowest BCUT2D eigenvalue weighted by molar-refractivity contribution is -0.118. The minimum absolute atomic E-state index is 0.109. The van der Waals surface area contributed by atoms with Gasteiger partial charge in [-0.2, -0.15) is 10.2 Å². The number of rotatable bonds is 14. The van der Waals surface area contributed by atoms with E-state index in [9.17, 15) is 14.4 Å². The van der Waals surface area contributed by atoms with Crippen LogP contribution in [0, 0.1) is 13.8 Å². The highest BCUT2D eigenvalue weighted by Crippen LogP contribution is 2.30. The molecule has 284 valence electrons. The molecule has 0 saturated heterocycles. The molecule has 3 amide bonds. The maximum atomic E-state index is 14.0. The highest BCUT2D eigenvalue weighted by molar-refractivity contribution is 6.31. The zero-order valence-corrected chi connectivity index (χ0v) is 32.6. The van der Waals surface area contributed by atoms with Gasteiger partial charge in [-0.1, -0.05) is 54.9 Å². The first-order valence-corrected chi connectivity index (χ1v) is 18.3. The number of amides is 3. The van der Waals surface area contributed by atoms with Gasteiger partial charge in [0.25, 0.3) is 5.91 Å².